The van der Waals surface area contributed by atoms with Crippen molar-refractivity contribution in [1.82, 2.24) is 9.80 Å². The molecule has 0 radical (unpaired) electrons. The van der Waals surface area contributed by atoms with E-state index in [2.05, 4.69) is 4.90 Å². The Balaban J connectivity index is 1.72. The van der Waals surface area contributed by atoms with Gasteiger partial charge in [-0.15, -0.1) is 0 Å². The van der Waals surface area contributed by atoms with Crippen LogP contribution in [0.5, 0.6) is 0 Å². The first kappa shape index (κ1) is 12.8. The quantitative estimate of drug-likeness (QED) is 0.734. The first-order chi connectivity index (χ1) is 8.16. The molecule has 0 aromatic carbocycles. The Labute approximate surface area is 103 Å². The summed E-state index contributed by atoms with van der Waals surface area (Å²) in [6.07, 6.45) is 2.78. The molecule has 5 nitrogen and oxygen atoms in total. The van der Waals surface area contributed by atoms with Crippen LogP contribution in [-0.2, 0) is 9.53 Å². The fraction of sp³-hybridized carbons (Fsp3) is 0.917. The van der Waals surface area contributed by atoms with Crippen molar-refractivity contribution in [2.75, 3.05) is 39.3 Å². The third kappa shape index (κ3) is 3.40. The molecule has 0 bridgehead atoms. The van der Waals surface area contributed by atoms with E-state index < -0.39 is 0 Å². The van der Waals surface area contributed by atoms with Crippen molar-refractivity contribution >= 4 is 5.91 Å². The first-order valence-electron chi connectivity index (χ1n) is 6.55. The van der Waals surface area contributed by atoms with Gasteiger partial charge < -0.3 is 15.4 Å². The Hall–Kier alpha value is -0.650. The largest absolute Gasteiger partial charge is 0.377 e. The Morgan fingerprint density at radius 1 is 1.41 bits per heavy atom. The minimum Gasteiger partial charge on any atom is -0.377 e. The van der Waals surface area contributed by atoms with Crippen LogP contribution >= 0.6 is 0 Å². The van der Waals surface area contributed by atoms with Crippen LogP contribution in [-0.4, -0.2) is 67.2 Å². The van der Waals surface area contributed by atoms with Crippen molar-refractivity contribution in [1.29, 1.82) is 0 Å². The summed E-state index contributed by atoms with van der Waals surface area (Å²) in [6.45, 7) is 7.16. The van der Waals surface area contributed by atoms with E-state index in [0.717, 1.165) is 39.3 Å². The number of rotatable bonds is 3. The van der Waals surface area contributed by atoms with E-state index >= 15 is 0 Å². The van der Waals surface area contributed by atoms with E-state index in [1.807, 2.05) is 4.90 Å². The first-order valence-corrected chi connectivity index (χ1v) is 6.55. The van der Waals surface area contributed by atoms with Crippen LogP contribution in [0.2, 0.25) is 0 Å². The molecule has 2 saturated heterocycles. The summed E-state index contributed by atoms with van der Waals surface area (Å²) in [6, 6.07) is -0.375. The molecule has 2 fully saturated rings. The third-order valence-corrected chi connectivity index (χ3v) is 3.56. The van der Waals surface area contributed by atoms with Crippen molar-refractivity contribution in [3.63, 3.8) is 0 Å². The van der Waals surface area contributed by atoms with Crippen LogP contribution < -0.4 is 5.73 Å². The van der Waals surface area contributed by atoms with E-state index in [9.17, 15) is 4.79 Å². The molecule has 2 heterocycles. The zero-order chi connectivity index (χ0) is 12.3. The molecular formula is C12H23N3O2. The smallest absolute Gasteiger partial charge is 0.239 e. The molecule has 2 rings (SSSR count). The SMILES string of the molecule is C[C@H](N)C(=O)N1CCN(C[C@H]2CCCO2)CC1. The Morgan fingerprint density at radius 3 is 2.65 bits per heavy atom. The van der Waals surface area contributed by atoms with E-state index in [1.54, 1.807) is 6.92 Å². The average molecular weight is 241 g/mol. The lowest BCUT2D eigenvalue weighted by Gasteiger charge is -2.36. The fourth-order valence-electron chi connectivity index (χ4n) is 2.52. The molecule has 2 atom stereocenters. The standard InChI is InChI=1S/C12H23N3O2/c1-10(13)12(16)15-6-4-14(5-7-15)9-11-3-2-8-17-11/h10-11H,2-9,13H2,1H3/t10-,11+/m0/s1. The maximum atomic E-state index is 11.7. The summed E-state index contributed by atoms with van der Waals surface area (Å²) in [4.78, 5) is 16.0. The van der Waals surface area contributed by atoms with Crippen molar-refractivity contribution in [2.24, 2.45) is 5.73 Å². The average Bonchev–Trinajstić information content (AvgIpc) is 2.82. The third-order valence-electron chi connectivity index (χ3n) is 3.56. The number of hydrogen-bond donors (Lipinski definition) is 1. The maximum Gasteiger partial charge on any atom is 0.239 e. The second-order valence-corrected chi connectivity index (χ2v) is 5.05. The van der Waals surface area contributed by atoms with E-state index in [0.29, 0.717) is 6.10 Å². The summed E-state index contributed by atoms with van der Waals surface area (Å²) in [7, 11) is 0. The van der Waals surface area contributed by atoms with Crippen molar-refractivity contribution in [3.8, 4) is 0 Å². The van der Waals surface area contributed by atoms with E-state index in [1.165, 1.54) is 12.8 Å². The van der Waals surface area contributed by atoms with Gasteiger partial charge in [0.25, 0.3) is 0 Å². The molecule has 0 saturated carbocycles. The van der Waals surface area contributed by atoms with Crippen molar-refractivity contribution < 1.29 is 9.53 Å². The number of nitrogens with two attached hydrogens (primary N) is 1. The van der Waals surface area contributed by atoms with Gasteiger partial charge >= 0.3 is 0 Å². The number of amides is 1. The van der Waals surface area contributed by atoms with E-state index in [-0.39, 0.29) is 11.9 Å². The molecule has 0 aromatic rings. The number of hydrogen-bond acceptors (Lipinski definition) is 4. The number of carbonyl (C=O) groups excluding carboxylic acids is 1. The van der Waals surface area contributed by atoms with Crippen LogP contribution in [0.25, 0.3) is 0 Å². The van der Waals surface area contributed by atoms with Gasteiger partial charge in [0.2, 0.25) is 5.91 Å². The molecule has 2 aliphatic rings. The zero-order valence-corrected chi connectivity index (χ0v) is 10.6. The van der Waals surface area contributed by atoms with Crippen molar-refractivity contribution in [2.45, 2.75) is 31.9 Å². The predicted octanol–water partition coefficient (Wildman–Crippen LogP) is -0.343. The van der Waals surface area contributed by atoms with Gasteiger partial charge in [0.05, 0.1) is 12.1 Å². The molecule has 0 aromatic heterocycles. The Bertz CT molecular complexity index is 256. The van der Waals surface area contributed by atoms with Gasteiger partial charge in [-0.3, -0.25) is 9.69 Å². The minimum absolute atomic E-state index is 0.0711. The maximum absolute atomic E-state index is 11.7. The number of carbonyl (C=O) groups is 1. The highest BCUT2D eigenvalue weighted by molar-refractivity contribution is 5.81. The topological polar surface area (TPSA) is 58.8 Å². The highest BCUT2D eigenvalue weighted by atomic mass is 16.5. The lowest BCUT2D eigenvalue weighted by molar-refractivity contribution is -0.134. The molecule has 0 spiro atoms. The fourth-order valence-corrected chi connectivity index (χ4v) is 2.52. The van der Waals surface area contributed by atoms with Crippen LogP contribution in [0.1, 0.15) is 19.8 Å². The molecule has 2 aliphatic heterocycles. The van der Waals surface area contributed by atoms with Crippen LogP contribution in [0, 0.1) is 0 Å². The molecule has 98 valence electrons. The lowest BCUT2D eigenvalue weighted by Crippen LogP contribution is -2.53. The second-order valence-electron chi connectivity index (χ2n) is 5.05. The molecule has 0 aliphatic carbocycles. The highest BCUT2D eigenvalue weighted by Gasteiger charge is 2.25. The minimum atomic E-state index is -0.375. The number of nitrogens with zero attached hydrogens (tertiary/aromatic N) is 2. The predicted molar refractivity (Wildman–Crippen MR) is 65.6 cm³/mol. The van der Waals surface area contributed by atoms with Crippen LogP contribution in [0.15, 0.2) is 0 Å². The molecule has 5 heteroatoms. The summed E-state index contributed by atoms with van der Waals surface area (Å²) >= 11 is 0. The van der Waals surface area contributed by atoms with Gasteiger partial charge in [-0.25, -0.2) is 0 Å². The Kier molecular flexibility index (Phi) is 4.36. The van der Waals surface area contributed by atoms with Crippen molar-refractivity contribution in [3.05, 3.63) is 0 Å². The van der Waals surface area contributed by atoms with E-state index in [4.69, 9.17) is 10.5 Å². The molecular weight excluding hydrogens is 218 g/mol. The highest BCUT2D eigenvalue weighted by Crippen LogP contribution is 2.14. The van der Waals surface area contributed by atoms with Gasteiger partial charge in [-0.05, 0) is 19.8 Å². The van der Waals surface area contributed by atoms with Gasteiger partial charge in [-0.1, -0.05) is 0 Å². The normalized spacial score (nSPS) is 28.4. The lowest BCUT2D eigenvalue weighted by atomic mass is 10.2. The number of ether oxygens (including phenoxy) is 1. The van der Waals surface area contributed by atoms with Gasteiger partial charge in [0.1, 0.15) is 0 Å². The summed E-state index contributed by atoms with van der Waals surface area (Å²) in [5.41, 5.74) is 5.61. The summed E-state index contributed by atoms with van der Waals surface area (Å²) in [5, 5.41) is 0. The molecule has 17 heavy (non-hydrogen) atoms. The van der Waals surface area contributed by atoms with Gasteiger partial charge in [0, 0.05) is 39.3 Å². The van der Waals surface area contributed by atoms with Gasteiger partial charge in [-0.2, -0.15) is 0 Å². The summed E-state index contributed by atoms with van der Waals surface area (Å²) in [5.74, 6) is 0.0711. The Morgan fingerprint density at radius 2 is 2.12 bits per heavy atom. The monoisotopic (exact) mass is 241 g/mol. The molecule has 2 N–H and O–H groups in total. The van der Waals surface area contributed by atoms with Crippen LogP contribution in [0.3, 0.4) is 0 Å². The zero-order valence-electron chi connectivity index (χ0n) is 10.6. The second kappa shape index (κ2) is 5.80. The number of piperazine rings is 1. The van der Waals surface area contributed by atoms with Gasteiger partial charge in [0.15, 0.2) is 0 Å². The summed E-state index contributed by atoms with van der Waals surface area (Å²) < 4.78 is 5.63. The molecule has 1 amide bonds. The van der Waals surface area contributed by atoms with Crippen LogP contribution in [0.4, 0.5) is 0 Å². The molecule has 0 unspecified atom stereocenters.